The Kier molecular flexibility index (Phi) is 8.53. The standard InChI is InChI=1S/C29H42N2O/c1-23(32)22-30(5)28(25-14-16-26(17-15-25)29(2,3)4)11-7-6-10-24-12-18-27(19-13-24)31-20-8-9-21-31/h12-19,28H,6-11,20-22H2,1-5H3. The van der Waals surface area contributed by atoms with Crippen molar-refractivity contribution in [3.63, 3.8) is 0 Å². The van der Waals surface area contributed by atoms with Crippen LogP contribution in [-0.4, -0.2) is 37.4 Å². The fraction of sp³-hybridized carbons (Fsp3) is 0.552. The van der Waals surface area contributed by atoms with Crippen molar-refractivity contribution in [1.82, 2.24) is 4.90 Å². The monoisotopic (exact) mass is 434 g/mol. The zero-order chi connectivity index (χ0) is 23.1. The highest BCUT2D eigenvalue weighted by atomic mass is 16.1. The van der Waals surface area contributed by atoms with Gasteiger partial charge in [0.1, 0.15) is 5.78 Å². The number of benzene rings is 2. The van der Waals surface area contributed by atoms with Crippen molar-refractivity contribution in [2.24, 2.45) is 0 Å². The van der Waals surface area contributed by atoms with E-state index in [1.807, 2.05) is 0 Å². The Balaban J connectivity index is 1.57. The zero-order valence-electron chi connectivity index (χ0n) is 20.9. The van der Waals surface area contributed by atoms with E-state index in [9.17, 15) is 4.79 Å². The summed E-state index contributed by atoms with van der Waals surface area (Å²) in [4.78, 5) is 16.5. The molecule has 1 heterocycles. The molecule has 0 aliphatic carbocycles. The molecule has 0 amide bonds. The quantitative estimate of drug-likeness (QED) is 0.396. The summed E-state index contributed by atoms with van der Waals surface area (Å²) >= 11 is 0. The number of nitrogens with zero attached hydrogens (tertiary/aromatic N) is 2. The maximum atomic E-state index is 11.8. The number of ketones is 1. The Morgan fingerprint density at radius 2 is 1.59 bits per heavy atom. The summed E-state index contributed by atoms with van der Waals surface area (Å²) in [5, 5.41) is 0. The van der Waals surface area contributed by atoms with Crippen molar-refractivity contribution >= 4 is 11.5 Å². The molecule has 2 aromatic rings. The molecule has 3 rings (SSSR count). The number of aryl methyl sites for hydroxylation is 1. The van der Waals surface area contributed by atoms with Crippen LogP contribution in [0.5, 0.6) is 0 Å². The highest BCUT2D eigenvalue weighted by Crippen LogP contribution is 2.29. The van der Waals surface area contributed by atoms with E-state index < -0.39 is 0 Å². The van der Waals surface area contributed by atoms with Crippen LogP contribution >= 0.6 is 0 Å². The van der Waals surface area contributed by atoms with Crippen LogP contribution < -0.4 is 4.90 Å². The molecule has 32 heavy (non-hydrogen) atoms. The Labute approximate surface area is 195 Å². The maximum absolute atomic E-state index is 11.8. The van der Waals surface area contributed by atoms with Gasteiger partial charge in [-0.1, -0.05) is 63.6 Å². The summed E-state index contributed by atoms with van der Waals surface area (Å²) < 4.78 is 0. The number of hydrogen-bond acceptors (Lipinski definition) is 3. The molecule has 0 N–H and O–H groups in total. The lowest BCUT2D eigenvalue weighted by atomic mass is 9.86. The first-order valence-electron chi connectivity index (χ1n) is 12.4. The van der Waals surface area contributed by atoms with Gasteiger partial charge in [0.25, 0.3) is 0 Å². The van der Waals surface area contributed by atoms with Crippen LogP contribution in [0.15, 0.2) is 48.5 Å². The predicted octanol–water partition coefficient (Wildman–Crippen LogP) is 6.56. The molecule has 3 nitrogen and oxygen atoms in total. The van der Waals surface area contributed by atoms with Gasteiger partial charge in [0.15, 0.2) is 0 Å². The third-order valence-corrected chi connectivity index (χ3v) is 6.77. The third kappa shape index (κ3) is 6.93. The molecule has 1 fully saturated rings. The molecule has 0 bridgehead atoms. The van der Waals surface area contributed by atoms with Gasteiger partial charge in [-0.2, -0.15) is 0 Å². The molecule has 3 heteroatoms. The second kappa shape index (κ2) is 11.1. The van der Waals surface area contributed by atoms with E-state index in [4.69, 9.17) is 0 Å². The molecule has 0 spiro atoms. The number of unbranched alkanes of at least 4 members (excludes halogenated alkanes) is 1. The van der Waals surface area contributed by atoms with Gasteiger partial charge in [-0.25, -0.2) is 0 Å². The predicted molar refractivity (Wildman–Crippen MR) is 137 cm³/mol. The Hall–Kier alpha value is -2.13. The topological polar surface area (TPSA) is 23.6 Å². The smallest absolute Gasteiger partial charge is 0.143 e. The van der Waals surface area contributed by atoms with E-state index in [0.717, 1.165) is 19.3 Å². The molecule has 0 saturated carbocycles. The minimum atomic E-state index is 0.156. The normalized spacial score (nSPS) is 15.4. The van der Waals surface area contributed by atoms with Crippen LogP contribution in [-0.2, 0) is 16.6 Å². The average molecular weight is 435 g/mol. The van der Waals surface area contributed by atoms with Crippen LogP contribution in [0.3, 0.4) is 0 Å². The van der Waals surface area contributed by atoms with E-state index in [0.29, 0.717) is 6.54 Å². The van der Waals surface area contributed by atoms with Crippen LogP contribution in [0.2, 0.25) is 0 Å². The lowest BCUT2D eigenvalue weighted by molar-refractivity contribution is -0.118. The van der Waals surface area contributed by atoms with Crippen LogP contribution in [0, 0.1) is 0 Å². The first-order chi connectivity index (χ1) is 15.2. The van der Waals surface area contributed by atoms with Crippen molar-refractivity contribution in [2.75, 3.05) is 31.6 Å². The van der Waals surface area contributed by atoms with Crippen molar-refractivity contribution < 1.29 is 4.79 Å². The highest BCUT2D eigenvalue weighted by Gasteiger charge is 2.20. The Morgan fingerprint density at radius 1 is 0.969 bits per heavy atom. The SMILES string of the molecule is CC(=O)CN(C)C(CCCCc1ccc(N2CCCC2)cc1)c1ccc(C(C)(C)C)cc1. The summed E-state index contributed by atoms with van der Waals surface area (Å²) in [6.45, 7) is 11.3. The van der Waals surface area contributed by atoms with E-state index >= 15 is 0 Å². The number of carbonyl (C=O) groups is 1. The van der Waals surface area contributed by atoms with Crippen molar-refractivity contribution in [1.29, 1.82) is 0 Å². The van der Waals surface area contributed by atoms with Crippen LogP contribution in [0.25, 0.3) is 0 Å². The highest BCUT2D eigenvalue weighted by molar-refractivity contribution is 5.77. The van der Waals surface area contributed by atoms with Gasteiger partial charge in [-0.05, 0) is 80.3 Å². The number of carbonyl (C=O) groups excluding carboxylic acids is 1. The van der Waals surface area contributed by atoms with Gasteiger partial charge in [0.05, 0.1) is 6.54 Å². The van der Waals surface area contributed by atoms with Crippen molar-refractivity contribution in [3.05, 3.63) is 65.2 Å². The molecule has 1 saturated heterocycles. The lowest BCUT2D eigenvalue weighted by Gasteiger charge is -2.29. The average Bonchev–Trinajstić information content (AvgIpc) is 3.28. The maximum Gasteiger partial charge on any atom is 0.143 e. The molecule has 1 aliphatic heterocycles. The largest absolute Gasteiger partial charge is 0.372 e. The number of Topliss-reactive ketones (excluding diaryl/α,β-unsaturated/α-hetero) is 1. The molecule has 2 aromatic carbocycles. The lowest BCUT2D eigenvalue weighted by Crippen LogP contribution is -2.29. The van der Waals surface area contributed by atoms with E-state index in [2.05, 4.69) is 86.1 Å². The molecule has 1 unspecified atom stereocenters. The van der Waals surface area contributed by atoms with E-state index in [1.54, 1.807) is 6.92 Å². The van der Waals surface area contributed by atoms with Gasteiger partial charge >= 0.3 is 0 Å². The molecular formula is C29H42N2O. The van der Waals surface area contributed by atoms with Gasteiger partial charge in [-0.15, -0.1) is 0 Å². The van der Waals surface area contributed by atoms with Gasteiger partial charge < -0.3 is 4.90 Å². The third-order valence-electron chi connectivity index (χ3n) is 6.77. The summed E-state index contributed by atoms with van der Waals surface area (Å²) in [5.41, 5.74) is 5.62. The minimum Gasteiger partial charge on any atom is -0.372 e. The molecule has 1 atom stereocenters. The van der Waals surface area contributed by atoms with Crippen LogP contribution in [0.4, 0.5) is 5.69 Å². The van der Waals surface area contributed by atoms with Crippen LogP contribution in [0.1, 0.15) is 82.5 Å². The van der Waals surface area contributed by atoms with Gasteiger partial charge in [-0.3, -0.25) is 9.69 Å². The summed E-state index contributed by atoms with van der Waals surface area (Å²) in [6, 6.07) is 18.5. The second-order valence-electron chi connectivity index (χ2n) is 10.6. The van der Waals surface area contributed by atoms with E-state index in [-0.39, 0.29) is 17.2 Å². The van der Waals surface area contributed by atoms with Gasteiger partial charge in [0, 0.05) is 24.8 Å². The van der Waals surface area contributed by atoms with Crippen molar-refractivity contribution in [3.8, 4) is 0 Å². The first kappa shape index (κ1) is 24.5. The van der Waals surface area contributed by atoms with Gasteiger partial charge in [0.2, 0.25) is 0 Å². The van der Waals surface area contributed by atoms with Crippen molar-refractivity contribution in [2.45, 2.75) is 77.7 Å². The molecular weight excluding hydrogens is 392 g/mol. The second-order valence-corrected chi connectivity index (χ2v) is 10.6. The Bertz CT molecular complexity index is 842. The molecule has 174 valence electrons. The molecule has 0 radical (unpaired) electrons. The summed E-state index contributed by atoms with van der Waals surface area (Å²) in [6.07, 6.45) is 7.16. The molecule has 1 aliphatic rings. The van der Waals surface area contributed by atoms with E-state index in [1.165, 1.54) is 54.7 Å². The number of likely N-dealkylation sites (N-methyl/N-ethyl adjacent to an activating group) is 1. The zero-order valence-corrected chi connectivity index (χ0v) is 20.9. The number of rotatable bonds is 10. The summed E-state index contributed by atoms with van der Waals surface area (Å²) in [7, 11) is 2.08. The minimum absolute atomic E-state index is 0.156. The number of hydrogen-bond donors (Lipinski definition) is 0. The fourth-order valence-electron chi connectivity index (χ4n) is 4.82. The Morgan fingerprint density at radius 3 is 2.16 bits per heavy atom. The first-order valence-corrected chi connectivity index (χ1v) is 12.4. The summed E-state index contributed by atoms with van der Waals surface area (Å²) in [5.74, 6) is 0.224. The number of anilines is 1. The fourth-order valence-corrected chi connectivity index (χ4v) is 4.82. The molecule has 0 aromatic heterocycles.